The molecule has 1 N–H and O–H groups in total. The van der Waals surface area contributed by atoms with E-state index < -0.39 is 0 Å². The smallest absolute Gasteiger partial charge is 0.296 e. The first-order chi connectivity index (χ1) is 17.0. The summed E-state index contributed by atoms with van der Waals surface area (Å²) >= 11 is 0. The van der Waals surface area contributed by atoms with Crippen LogP contribution in [0, 0.1) is 12.8 Å². The van der Waals surface area contributed by atoms with Gasteiger partial charge in [0.05, 0.1) is 6.54 Å². The van der Waals surface area contributed by atoms with Crippen LogP contribution in [-0.4, -0.2) is 34.7 Å². The molecular formula is C27H35N7O. The van der Waals surface area contributed by atoms with Crippen molar-refractivity contribution in [3.05, 3.63) is 70.2 Å². The maximum absolute atomic E-state index is 13.4. The van der Waals surface area contributed by atoms with Gasteiger partial charge in [-0.15, -0.1) is 5.10 Å². The summed E-state index contributed by atoms with van der Waals surface area (Å²) < 4.78 is 3.96. The Hall–Kier alpha value is -3.55. The fraction of sp³-hybridized carbons (Fsp3) is 0.444. The van der Waals surface area contributed by atoms with Gasteiger partial charge in [-0.3, -0.25) is 14.1 Å². The van der Waals surface area contributed by atoms with Gasteiger partial charge in [0, 0.05) is 35.9 Å². The average Bonchev–Trinajstić information content (AvgIpc) is 3.47. The molecule has 0 radical (unpaired) electrons. The molecule has 8 heteroatoms. The van der Waals surface area contributed by atoms with Crippen LogP contribution in [0.25, 0.3) is 22.5 Å². The van der Waals surface area contributed by atoms with Gasteiger partial charge in [0.1, 0.15) is 0 Å². The summed E-state index contributed by atoms with van der Waals surface area (Å²) in [4.78, 5) is 17.7. The van der Waals surface area contributed by atoms with Gasteiger partial charge in [0.15, 0.2) is 5.82 Å². The monoisotopic (exact) mass is 473 g/mol. The Bertz CT molecular complexity index is 1280. The zero-order chi connectivity index (χ0) is 24.8. The lowest BCUT2D eigenvalue weighted by atomic mass is 10.00. The van der Waals surface area contributed by atoms with Crippen LogP contribution in [0.4, 0.5) is 0 Å². The molecule has 4 aromatic rings. The first-order valence-electron chi connectivity index (χ1n) is 12.6. The van der Waals surface area contributed by atoms with Gasteiger partial charge in [0.2, 0.25) is 0 Å². The number of aromatic nitrogens is 7. The third-order valence-corrected chi connectivity index (χ3v) is 6.58. The molecule has 3 heterocycles. The third kappa shape index (κ3) is 5.58. The lowest BCUT2D eigenvalue weighted by Gasteiger charge is -2.10. The minimum Gasteiger partial charge on any atom is -0.296 e. The van der Waals surface area contributed by atoms with E-state index in [1.807, 2.05) is 15.2 Å². The second-order valence-corrected chi connectivity index (χ2v) is 9.56. The van der Waals surface area contributed by atoms with Gasteiger partial charge in [0.25, 0.3) is 0 Å². The largest absolute Gasteiger partial charge is 0.328 e. The first kappa shape index (κ1) is 24.6. The van der Waals surface area contributed by atoms with E-state index in [1.54, 1.807) is 12.4 Å². The molecule has 4 rings (SSSR count). The SMILES string of the molecule is CCCCCc1c(C)n(CCC(C)C)c(=O)n1Cc1ccc(-c2ccncc2-c2nnn[nH]2)cc1. The minimum absolute atomic E-state index is 0.105. The van der Waals surface area contributed by atoms with Crippen molar-refractivity contribution in [3.8, 4) is 22.5 Å². The molecule has 0 spiro atoms. The summed E-state index contributed by atoms with van der Waals surface area (Å²) in [6.45, 7) is 10.1. The molecule has 0 aliphatic carbocycles. The van der Waals surface area contributed by atoms with E-state index in [9.17, 15) is 4.79 Å². The van der Waals surface area contributed by atoms with E-state index in [1.165, 1.54) is 18.5 Å². The van der Waals surface area contributed by atoms with E-state index in [4.69, 9.17) is 0 Å². The summed E-state index contributed by atoms with van der Waals surface area (Å²) in [5.74, 6) is 1.14. The fourth-order valence-corrected chi connectivity index (χ4v) is 4.51. The van der Waals surface area contributed by atoms with Gasteiger partial charge in [-0.25, -0.2) is 9.89 Å². The van der Waals surface area contributed by atoms with E-state index in [0.29, 0.717) is 18.3 Å². The molecule has 0 aliphatic heterocycles. The van der Waals surface area contributed by atoms with E-state index >= 15 is 0 Å². The van der Waals surface area contributed by atoms with Crippen LogP contribution < -0.4 is 5.69 Å². The molecule has 3 aromatic heterocycles. The first-order valence-corrected chi connectivity index (χ1v) is 12.6. The van der Waals surface area contributed by atoms with Crippen molar-refractivity contribution in [2.45, 2.75) is 72.9 Å². The number of nitrogens with zero attached hydrogens (tertiary/aromatic N) is 6. The molecular weight excluding hydrogens is 438 g/mol. The maximum atomic E-state index is 13.4. The number of rotatable bonds is 11. The van der Waals surface area contributed by atoms with Crippen molar-refractivity contribution < 1.29 is 0 Å². The molecule has 0 saturated heterocycles. The molecule has 0 saturated carbocycles. The van der Waals surface area contributed by atoms with Crippen molar-refractivity contribution in [2.75, 3.05) is 0 Å². The Morgan fingerprint density at radius 3 is 2.51 bits per heavy atom. The second kappa shape index (κ2) is 11.3. The van der Waals surface area contributed by atoms with Crippen molar-refractivity contribution in [1.29, 1.82) is 0 Å². The van der Waals surface area contributed by atoms with Crippen molar-refractivity contribution in [2.24, 2.45) is 5.92 Å². The summed E-state index contributed by atoms with van der Waals surface area (Å²) in [7, 11) is 0. The van der Waals surface area contributed by atoms with Crippen molar-refractivity contribution in [3.63, 3.8) is 0 Å². The molecule has 8 nitrogen and oxygen atoms in total. The van der Waals surface area contributed by atoms with Gasteiger partial charge < -0.3 is 0 Å². The quantitative estimate of drug-likeness (QED) is 0.308. The zero-order valence-electron chi connectivity index (χ0n) is 21.2. The Morgan fingerprint density at radius 1 is 1.03 bits per heavy atom. The molecule has 184 valence electrons. The summed E-state index contributed by atoms with van der Waals surface area (Å²) in [6, 6.07) is 10.3. The highest BCUT2D eigenvalue weighted by Gasteiger charge is 2.17. The van der Waals surface area contributed by atoms with Gasteiger partial charge in [-0.05, 0) is 65.3 Å². The Balaban J connectivity index is 1.62. The number of hydrogen-bond acceptors (Lipinski definition) is 5. The minimum atomic E-state index is 0.105. The number of unbranched alkanes of at least 4 members (excludes halogenated alkanes) is 2. The zero-order valence-corrected chi connectivity index (χ0v) is 21.2. The Morgan fingerprint density at radius 2 is 1.83 bits per heavy atom. The number of pyridine rings is 1. The number of hydrogen-bond donors (Lipinski definition) is 1. The normalized spacial score (nSPS) is 11.5. The van der Waals surface area contributed by atoms with Crippen LogP contribution in [0.3, 0.4) is 0 Å². The standard InChI is InChI=1S/C27H35N7O/c1-5-6-7-8-25-20(4)33(16-14-19(2)3)27(35)34(25)18-21-9-11-22(12-10-21)23-13-15-28-17-24(23)26-29-31-32-30-26/h9-13,15,17,19H,5-8,14,16,18H2,1-4H3,(H,29,30,31,32). The van der Waals surface area contributed by atoms with Crippen LogP contribution in [0.2, 0.25) is 0 Å². The molecule has 0 aliphatic rings. The van der Waals surface area contributed by atoms with E-state index in [0.717, 1.165) is 53.8 Å². The maximum Gasteiger partial charge on any atom is 0.328 e. The lowest BCUT2D eigenvalue weighted by Crippen LogP contribution is -2.26. The molecule has 35 heavy (non-hydrogen) atoms. The molecule has 0 unspecified atom stereocenters. The summed E-state index contributed by atoms with van der Waals surface area (Å²) in [6.07, 6.45) is 8.91. The molecule has 0 amide bonds. The van der Waals surface area contributed by atoms with Crippen molar-refractivity contribution >= 4 is 0 Å². The van der Waals surface area contributed by atoms with Gasteiger partial charge >= 0.3 is 5.69 Å². The number of benzene rings is 1. The predicted octanol–water partition coefficient (Wildman–Crippen LogP) is 5.03. The number of tetrazole rings is 1. The molecule has 0 bridgehead atoms. The highest BCUT2D eigenvalue weighted by Crippen LogP contribution is 2.29. The van der Waals surface area contributed by atoms with Crippen LogP contribution in [0.15, 0.2) is 47.5 Å². The summed E-state index contributed by atoms with van der Waals surface area (Å²) in [5.41, 5.74) is 6.38. The Labute approximate surface area is 206 Å². The second-order valence-electron chi connectivity index (χ2n) is 9.56. The van der Waals surface area contributed by atoms with Crippen LogP contribution in [0.5, 0.6) is 0 Å². The third-order valence-electron chi connectivity index (χ3n) is 6.58. The molecule has 0 atom stereocenters. The highest BCUT2D eigenvalue weighted by molar-refractivity contribution is 5.79. The number of nitrogens with one attached hydrogen (secondary N) is 1. The number of aromatic amines is 1. The molecule has 1 aromatic carbocycles. The van der Waals surface area contributed by atoms with Crippen LogP contribution in [0.1, 0.15) is 63.4 Å². The average molecular weight is 474 g/mol. The Kier molecular flexibility index (Phi) is 7.90. The topological polar surface area (TPSA) is 94.3 Å². The van der Waals surface area contributed by atoms with Crippen molar-refractivity contribution in [1.82, 2.24) is 34.7 Å². The van der Waals surface area contributed by atoms with E-state index in [2.05, 4.69) is 77.6 Å². The van der Waals surface area contributed by atoms with E-state index in [-0.39, 0.29) is 5.69 Å². The predicted molar refractivity (Wildman–Crippen MR) is 138 cm³/mol. The van der Waals surface area contributed by atoms with Crippen LogP contribution in [-0.2, 0) is 19.5 Å². The van der Waals surface area contributed by atoms with Gasteiger partial charge in [-0.1, -0.05) is 57.9 Å². The lowest BCUT2D eigenvalue weighted by molar-refractivity contribution is 0.498. The molecule has 0 fully saturated rings. The fourth-order valence-electron chi connectivity index (χ4n) is 4.51. The highest BCUT2D eigenvalue weighted by atomic mass is 16.1. The summed E-state index contributed by atoms with van der Waals surface area (Å²) in [5, 5.41) is 14.2. The number of H-pyrrole nitrogens is 1. The number of imidazole rings is 1. The van der Waals surface area contributed by atoms with Crippen LogP contribution >= 0.6 is 0 Å². The van der Waals surface area contributed by atoms with Gasteiger partial charge in [-0.2, -0.15) is 0 Å².